The van der Waals surface area contributed by atoms with Crippen molar-refractivity contribution in [3.8, 4) is 5.75 Å². The van der Waals surface area contributed by atoms with Gasteiger partial charge in [0.1, 0.15) is 11.5 Å². The molecule has 1 aliphatic rings. The second kappa shape index (κ2) is 7.45. The zero-order valence-corrected chi connectivity index (χ0v) is 14.9. The minimum atomic E-state index is 0.164. The third-order valence-electron chi connectivity index (χ3n) is 4.69. The van der Waals surface area contributed by atoms with E-state index in [2.05, 4.69) is 79.7 Å². The van der Waals surface area contributed by atoms with Crippen LogP contribution in [0.5, 0.6) is 5.75 Å². The van der Waals surface area contributed by atoms with Gasteiger partial charge in [0.25, 0.3) is 0 Å². The van der Waals surface area contributed by atoms with Crippen molar-refractivity contribution in [3.05, 3.63) is 126 Å². The largest absolute Gasteiger partial charge is 0.457 e. The molecule has 128 valence electrons. The van der Waals surface area contributed by atoms with Gasteiger partial charge in [0, 0.05) is 11.5 Å². The number of benzene rings is 3. The smallest absolute Gasteiger partial charge is 0.127 e. The molecule has 1 nitrogen and oxygen atoms in total. The van der Waals surface area contributed by atoms with Crippen LogP contribution < -0.4 is 4.74 Å². The molecule has 3 aromatic rings. The average molecular weight is 338 g/mol. The predicted molar refractivity (Wildman–Crippen MR) is 107 cm³/mol. The lowest BCUT2D eigenvalue weighted by Crippen LogP contribution is -2.09. The van der Waals surface area contributed by atoms with E-state index in [0.717, 1.165) is 11.5 Å². The van der Waals surface area contributed by atoms with Gasteiger partial charge in [-0.2, -0.15) is 0 Å². The van der Waals surface area contributed by atoms with Gasteiger partial charge >= 0.3 is 0 Å². The number of rotatable bonds is 5. The maximum absolute atomic E-state index is 6.28. The van der Waals surface area contributed by atoms with Gasteiger partial charge in [-0.25, -0.2) is 0 Å². The molecule has 0 radical (unpaired) electrons. The second-order valence-electron chi connectivity index (χ2n) is 6.68. The van der Waals surface area contributed by atoms with Crippen LogP contribution in [0.4, 0.5) is 0 Å². The quantitative estimate of drug-likeness (QED) is 0.526. The summed E-state index contributed by atoms with van der Waals surface area (Å²) in [5, 5.41) is 0. The Kier molecular flexibility index (Phi) is 4.70. The Labute approximate surface area is 155 Å². The molecule has 3 aromatic carbocycles. The van der Waals surface area contributed by atoms with Crippen molar-refractivity contribution in [3.63, 3.8) is 0 Å². The van der Waals surface area contributed by atoms with Crippen molar-refractivity contribution in [1.29, 1.82) is 0 Å². The Morgan fingerprint density at radius 1 is 0.654 bits per heavy atom. The molecule has 0 spiro atoms. The van der Waals surface area contributed by atoms with E-state index in [1.165, 1.54) is 16.7 Å². The Hall–Kier alpha value is -3.06. The molecular formula is C25H22O. The summed E-state index contributed by atoms with van der Waals surface area (Å²) in [6.07, 6.45) is 4.53. The number of hydrogen-bond donors (Lipinski definition) is 0. The van der Waals surface area contributed by atoms with Crippen molar-refractivity contribution in [2.24, 2.45) is 5.92 Å². The molecule has 4 rings (SSSR count). The summed E-state index contributed by atoms with van der Waals surface area (Å²) in [7, 11) is 0. The standard InChI is InChI=1S/C25H22O/c1-19-17-23(24(18-19)26-22-15-9-4-10-16-22)25(20-11-5-2-6-12-20)21-13-7-3-8-14-21/h2-19,25H,1H3. The maximum Gasteiger partial charge on any atom is 0.127 e. The van der Waals surface area contributed by atoms with Gasteiger partial charge in [-0.15, -0.1) is 0 Å². The SMILES string of the molecule is CC1C=C(Oc2ccccc2)C(C(c2ccccc2)c2ccccc2)=C1. The van der Waals surface area contributed by atoms with Crippen molar-refractivity contribution >= 4 is 0 Å². The third kappa shape index (κ3) is 3.48. The number of para-hydroxylation sites is 1. The third-order valence-corrected chi connectivity index (χ3v) is 4.69. The van der Waals surface area contributed by atoms with Crippen LogP contribution in [-0.4, -0.2) is 0 Å². The van der Waals surface area contributed by atoms with E-state index in [9.17, 15) is 0 Å². The van der Waals surface area contributed by atoms with Gasteiger partial charge in [-0.05, 0) is 35.3 Å². The monoisotopic (exact) mass is 338 g/mol. The highest BCUT2D eigenvalue weighted by atomic mass is 16.5. The molecule has 1 aliphatic carbocycles. The van der Waals surface area contributed by atoms with Gasteiger partial charge in [0.15, 0.2) is 0 Å². The summed E-state index contributed by atoms with van der Waals surface area (Å²) in [5.41, 5.74) is 3.79. The van der Waals surface area contributed by atoms with Crippen LogP contribution >= 0.6 is 0 Å². The van der Waals surface area contributed by atoms with Gasteiger partial charge in [-0.3, -0.25) is 0 Å². The molecule has 0 aliphatic heterocycles. The fourth-order valence-corrected chi connectivity index (χ4v) is 3.54. The van der Waals surface area contributed by atoms with E-state index < -0.39 is 0 Å². The van der Waals surface area contributed by atoms with Crippen LogP contribution in [0.25, 0.3) is 0 Å². The molecule has 0 heterocycles. The summed E-state index contributed by atoms with van der Waals surface area (Å²) in [6.45, 7) is 2.20. The summed E-state index contributed by atoms with van der Waals surface area (Å²) < 4.78 is 6.28. The molecule has 0 fully saturated rings. The van der Waals surface area contributed by atoms with Crippen molar-refractivity contribution in [2.45, 2.75) is 12.8 Å². The van der Waals surface area contributed by atoms with Gasteiger partial charge in [0.2, 0.25) is 0 Å². The first-order valence-electron chi connectivity index (χ1n) is 9.08. The van der Waals surface area contributed by atoms with E-state index in [4.69, 9.17) is 4.74 Å². The molecule has 1 unspecified atom stereocenters. The normalized spacial score (nSPS) is 16.3. The van der Waals surface area contributed by atoms with Gasteiger partial charge in [0.05, 0.1) is 0 Å². The zero-order valence-electron chi connectivity index (χ0n) is 14.9. The van der Waals surface area contributed by atoms with Crippen LogP contribution in [0.3, 0.4) is 0 Å². The molecule has 26 heavy (non-hydrogen) atoms. The van der Waals surface area contributed by atoms with Crippen LogP contribution in [0, 0.1) is 5.92 Å². The zero-order chi connectivity index (χ0) is 17.8. The van der Waals surface area contributed by atoms with Crippen molar-refractivity contribution < 1.29 is 4.74 Å². The lowest BCUT2D eigenvalue weighted by molar-refractivity contribution is 0.431. The van der Waals surface area contributed by atoms with E-state index in [1.807, 2.05) is 30.3 Å². The maximum atomic E-state index is 6.28. The highest BCUT2D eigenvalue weighted by Crippen LogP contribution is 2.40. The molecule has 0 N–H and O–H groups in total. The molecule has 0 saturated carbocycles. The number of ether oxygens (including phenoxy) is 1. The molecule has 0 amide bonds. The van der Waals surface area contributed by atoms with Crippen LogP contribution in [-0.2, 0) is 0 Å². The first-order chi connectivity index (χ1) is 12.8. The van der Waals surface area contributed by atoms with Gasteiger partial charge < -0.3 is 4.74 Å². The predicted octanol–water partition coefficient (Wildman–Crippen LogP) is 6.36. The Bertz CT molecular complexity index is 869. The highest BCUT2D eigenvalue weighted by Gasteiger charge is 2.27. The van der Waals surface area contributed by atoms with E-state index in [0.29, 0.717) is 5.92 Å². The second-order valence-corrected chi connectivity index (χ2v) is 6.68. The van der Waals surface area contributed by atoms with Crippen LogP contribution in [0.2, 0.25) is 0 Å². The van der Waals surface area contributed by atoms with Crippen molar-refractivity contribution in [2.75, 3.05) is 0 Å². The first kappa shape index (κ1) is 16.4. The minimum Gasteiger partial charge on any atom is -0.457 e. The molecule has 1 atom stereocenters. The van der Waals surface area contributed by atoms with E-state index in [-0.39, 0.29) is 5.92 Å². The highest BCUT2D eigenvalue weighted by molar-refractivity contribution is 5.51. The topological polar surface area (TPSA) is 9.23 Å². The number of hydrogen-bond acceptors (Lipinski definition) is 1. The van der Waals surface area contributed by atoms with Crippen molar-refractivity contribution in [1.82, 2.24) is 0 Å². The Morgan fingerprint density at radius 3 is 1.69 bits per heavy atom. The van der Waals surface area contributed by atoms with Crippen LogP contribution in [0.15, 0.2) is 114 Å². The van der Waals surface area contributed by atoms with Gasteiger partial charge in [-0.1, -0.05) is 91.9 Å². The molecule has 1 heteroatoms. The molecular weight excluding hydrogens is 316 g/mol. The summed E-state index contributed by atoms with van der Waals surface area (Å²) in [4.78, 5) is 0. The summed E-state index contributed by atoms with van der Waals surface area (Å²) in [5.74, 6) is 2.36. The molecule has 0 saturated heterocycles. The van der Waals surface area contributed by atoms with E-state index >= 15 is 0 Å². The van der Waals surface area contributed by atoms with Crippen LogP contribution in [0.1, 0.15) is 24.0 Å². The Morgan fingerprint density at radius 2 is 1.15 bits per heavy atom. The minimum absolute atomic E-state index is 0.164. The average Bonchev–Trinajstić information content (AvgIpc) is 3.04. The molecule has 0 bridgehead atoms. The first-order valence-corrected chi connectivity index (χ1v) is 9.08. The Balaban J connectivity index is 1.75. The summed E-state index contributed by atoms with van der Waals surface area (Å²) >= 11 is 0. The summed E-state index contributed by atoms with van der Waals surface area (Å²) in [6, 6.07) is 31.3. The molecule has 0 aromatic heterocycles. The lowest BCUT2D eigenvalue weighted by atomic mass is 9.84. The fraction of sp³-hybridized carbons (Fsp3) is 0.120. The van der Waals surface area contributed by atoms with E-state index in [1.54, 1.807) is 0 Å². The fourth-order valence-electron chi connectivity index (χ4n) is 3.54. The number of allylic oxidation sites excluding steroid dienone is 3. The lowest BCUT2D eigenvalue weighted by Gasteiger charge is -2.22.